The molecule has 17 heavy (non-hydrogen) atoms. The van der Waals surface area contributed by atoms with Crippen LogP contribution in [0.4, 0.5) is 4.39 Å². The fraction of sp³-hybridized carbons (Fsp3) is 0.417. The van der Waals surface area contributed by atoms with Gasteiger partial charge in [-0.2, -0.15) is 0 Å². The van der Waals surface area contributed by atoms with Crippen molar-refractivity contribution in [3.05, 3.63) is 35.6 Å². The summed E-state index contributed by atoms with van der Waals surface area (Å²) in [5.74, 6) is -0.218. The highest BCUT2D eigenvalue weighted by Crippen LogP contribution is 2.03. The highest BCUT2D eigenvalue weighted by molar-refractivity contribution is 7.80. The largest absolute Gasteiger partial charge is 0.378 e. The van der Waals surface area contributed by atoms with Gasteiger partial charge in [0.15, 0.2) is 5.11 Å². The smallest absolute Gasteiger partial charge is 0.169 e. The van der Waals surface area contributed by atoms with Gasteiger partial charge < -0.3 is 15.0 Å². The van der Waals surface area contributed by atoms with E-state index in [-0.39, 0.29) is 5.82 Å². The van der Waals surface area contributed by atoms with Crippen LogP contribution in [0, 0.1) is 5.82 Å². The minimum atomic E-state index is -0.218. The highest BCUT2D eigenvalue weighted by Gasteiger charge is 2.12. The van der Waals surface area contributed by atoms with Crippen LogP contribution < -0.4 is 5.32 Å². The van der Waals surface area contributed by atoms with E-state index < -0.39 is 0 Å². The third kappa shape index (κ3) is 3.64. The number of halogens is 1. The summed E-state index contributed by atoms with van der Waals surface area (Å²) < 4.78 is 18.0. The second kappa shape index (κ2) is 5.93. The zero-order chi connectivity index (χ0) is 12.1. The van der Waals surface area contributed by atoms with Gasteiger partial charge in [-0.25, -0.2) is 4.39 Å². The quantitative estimate of drug-likeness (QED) is 0.809. The van der Waals surface area contributed by atoms with Gasteiger partial charge in [-0.3, -0.25) is 0 Å². The summed E-state index contributed by atoms with van der Waals surface area (Å²) in [4.78, 5) is 2.09. The highest BCUT2D eigenvalue weighted by atomic mass is 32.1. The van der Waals surface area contributed by atoms with Gasteiger partial charge in [-0.05, 0) is 29.9 Å². The van der Waals surface area contributed by atoms with E-state index in [1.165, 1.54) is 12.1 Å². The monoisotopic (exact) mass is 254 g/mol. The number of nitrogens with zero attached hydrogens (tertiary/aromatic N) is 1. The summed E-state index contributed by atoms with van der Waals surface area (Å²) in [5.41, 5.74) is 1.02. The normalized spacial score (nSPS) is 15.7. The first-order valence-corrected chi connectivity index (χ1v) is 6.01. The van der Waals surface area contributed by atoms with E-state index in [9.17, 15) is 4.39 Å². The summed E-state index contributed by atoms with van der Waals surface area (Å²) in [6.07, 6.45) is 0. The first-order valence-electron chi connectivity index (χ1n) is 5.60. The van der Waals surface area contributed by atoms with E-state index in [1.807, 2.05) is 0 Å². The maximum atomic E-state index is 12.7. The number of rotatable bonds is 2. The van der Waals surface area contributed by atoms with Crippen LogP contribution in [0.1, 0.15) is 5.56 Å². The third-order valence-corrected chi connectivity index (χ3v) is 3.06. The van der Waals surface area contributed by atoms with Gasteiger partial charge in [0.25, 0.3) is 0 Å². The molecule has 0 atom stereocenters. The molecule has 1 aliphatic heterocycles. The molecular formula is C12H15FN2OS. The van der Waals surface area contributed by atoms with Crippen molar-refractivity contribution in [3.63, 3.8) is 0 Å². The van der Waals surface area contributed by atoms with E-state index >= 15 is 0 Å². The molecule has 1 heterocycles. The van der Waals surface area contributed by atoms with Gasteiger partial charge in [-0.1, -0.05) is 12.1 Å². The molecule has 3 nitrogen and oxygen atoms in total. The van der Waals surface area contributed by atoms with E-state index in [0.717, 1.165) is 37.0 Å². The SMILES string of the molecule is Fc1ccc(CNC(=S)N2CCOCC2)cc1. The number of hydrogen-bond acceptors (Lipinski definition) is 2. The van der Waals surface area contributed by atoms with Crippen molar-refractivity contribution in [3.8, 4) is 0 Å². The lowest BCUT2D eigenvalue weighted by atomic mass is 10.2. The van der Waals surface area contributed by atoms with Crippen LogP contribution in [-0.4, -0.2) is 36.3 Å². The molecule has 2 rings (SSSR count). The molecule has 0 spiro atoms. The lowest BCUT2D eigenvalue weighted by Gasteiger charge is -2.29. The van der Waals surface area contributed by atoms with Crippen molar-refractivity contribution in [1.82, 2.24) is 10.2 Å². The molecule has 1 saturated heterocycles. The second-order valence-electron chi connectivity index (χ2n) is 3.88. The maximum Gasteiger partial charge on any atom is 0.169 e. The molecule has 1 fully saturated rings. The van der Waals surface area contributed by atoms with Crippen molar-refractivity contribution in [2.24, 2.45) is 0 Å². The summed E-state index contributed by atoms with van der Waals surface area (Å²) in [5, 5.41) is 3.90. The summed E-state index contributed by atoms with van der Waals surface area (Å²) in [6, 6.07) is 6.41. The fourth-order valence-electron chi connectivity index (χ4n) is 1.66. The molecule has 0 bridgehead atoms. The van der Waals surface area contributed by atoms with Gasteiger partial charge in [0, 0.05) is 19.6 Å². The Morgan fingerprint density at radius 3 is 2.59 bits per heavy atom. The van der Waals surface area contributed by atoms with Gasteiger partial charge in [0.1, 0.15) is 5.82 Å². The Morgan fingerprint density at radius 2 is 1.94 bits per heavy atom. The van der Waals surface area contributed by atoms with E-state index in [4.69, 9.17) is 17.0 Å². The van der Waals surface area contributed by atoms with Gasteiger partial charge in [-0.15, -0.1) is 0 Å². The molecule has 0 radical (unpaired) electrons. The topological polar surface area (TPSA) is 24.5 Å². The zero-order valence-electron chi connectivity index (χ0n) is 9.49. The average Bonchev–Trinajstić information content (AvgIpc) is 2.39. The summed E-state index contributed by atoms with van der Waals surface area (Å²) in [7, 11) is 0. The molecule has 0 aliphatic carbocycles. The molecule has 0 unspecified atom stereocenters. The molecule has 1 aromatic rings. The molecule has 92 valence electrons. The summed E-state index contributed by atoms with van der Waals surface area (Å²) >= 11 is 5.28. The number of thiocarbonyl (C=S) groups is 1. The van der Waals surface area contributed by atoms with E-state index in [1.54, 1.807) is 12.1 Å². The Kier molecular flexibility index (Phi) is 4.28. The Bertz CT molecular complexity index is 377. The number of morpholine rings is 1. The first-order chi connectivity index (χ1) is 8.25. The Hall–Kier alpha value is -1.20. The first kappa shape index (κ1) is 12.3. The second-order valence-corrected chi connectivity index (χ2v) is 4.27. The maximum absolute atomic E-state index is 12.7. The van der Waals surface area contributed by atoms with Gasteiger partial charge >= 0.3 is 0 Å². The van der Waals surface area contributed by atoms with Crippen LogP contribution in [0.5, 0.6) is 0 Å². The molecule has 0 amide bonds. The van der Waals surface area contributed by atoms with Crippen LogP contribution in [0.15, 0.2) is 24.3 Å². The minimum absolute atomic E-state index is 0.218. The van der Waals surface area contributed by atoms with Gasteiger partial charge in [0.2, 0.25) is 0 Å². The standard InChI is InChI=1S/C12H15FN2OS/c13-11-3-1-10(2-4-11)9-14-12(17)15-5-7-16-8-6-15/h1-4H,5-9H2,(H,14,17). The Morgan fingerprint density at radius 1 is 1.29 bits per heavy atom. The zero-order valence-corrected chi connectivity index (χ0v) is 10.3. The molecule has 1 aliphatic rings. The molecule has 0 aromatic heterocycles. The van der Waals surface area contributed by atoms with Crippen molar-refractivity contribution >= 4 is 17.3 Å². The Balaban J connectivity index is 1.81. The predicted molar refractivity (Wildman–Crippen MR) is 68.2 cm³/mol. The average molecular weight is 254 g/mol. The van der Waals surface area contributed by atoms with Crippen LogP contribution >= 0.6 is 12.2 Å². The minimum Gasteiger partial charge on any atom is -0.378 e. The van der Waals surface area contributed by atoms with E-state index in [0.29, 0.717) is 6.54 Å². The van der Waals surface area contributed by atoms with Crippen LogP contribution in [0.25, 0.3) is 0 Å². The lowest BCUT2D eigenvalue weighted by Crippen LogP contribution is -2.45. The molecule has 0 saturated carbocycles. The molecule has 1 N–H and O–H groups in total. The number of ether oxygens (including phenoxy) is 1. The third-order valence-electron chi connectivity index (χ3n) is 2.66. The lowest BCUT2D eigenvalue weighted by molar-refractivity contribution is 0.0676. The number of hydrogen-bond donors (Lipinski definition) is 1. The molecule has 5 heteroatoms. The Labute approximate surface area is 106 Å². The van der Waals surface area contributed by atoms with Crippen LogP contribution in [-0.2, 0) is 11.3 Å². The van der Waals surface area contributed by atoms with Gasteiger partial charge in [0.05, 0.1) is 13.2 Å². The van der Waals surface area contributed by atoms with Crippen molar-refractivity contribution < 1.29 is 9.13 Å². The summed E-state index contributed by atoms with van der Waals surface area (Å²) in [6.45, 7) is 3.72. The van der Waals surface area contributed by atoms with E-state index in [2.05, 4.69) is 10.2 Å². The number of benzene rings is 1. The number of nitrogens with one attached hydrogen (secondary N) is 1. The fourth-order valence-corrected chi connectivity index (χ4v) is 1.91. The molecule has 1 aromatic carbocycles. The van der Waals surface area contributed by atoms with Crippen molar-refractivity contribution in [1.29, 1.82) is 0 Å². The molecular weight excluding hydrogens is 239 g/mol. The van der Waals surface area contributed by atoms with Crippen molar-refractivity contribution in [2.75, 3.05) is 26.3 Å². The van der Waals surface area contributed by atoms with Crippen LogP contribution in [0.3, 0.4) is 0 Å². The van der Waals surface area contributed by atoms with Crippen molar-refractivity contribution in [2.45, 2.75) is 6.54 Å². The van der Waals surface area contributed by atoms with Crippen LogP contribution in [0.2, 0.25) is 0 Å². The predicted octanol–water partition coefficient (Wildman–Crippen LogP) is 1.53.